The Labute approximate surface area is 103 Å². The summed E-state index contributed by atoms with van der Waals surface area (Å²) in [5.41, 5.74) is 1.29. The van der Waals surface area contributed by atoms with E-state index in [9.17, 15) is 4.79 Å². The molecule has 1 aromatic rings. The second kappa shape index (κ2) is 5.82. The molecule has 1 aliphatic rings. The quantitative estimate of drug-likeness (QED) is 0.730. The summed E-state index contributed by atoms with van der Waals surface area (Å²) in [4.78, 5) is 11.8. The summed E-state index contributed by atoms with van der Waals surface area (Å²) in [5, 5.41) is 6.17. The molecule has 1 saturated carbocycles. The van der Waals surface area contributed by atoms with Crippen LogP contribution in [-0.2, 0) is 4.79 Å². The van der Waals surface area contributed by atoms with Crippen LogP contribution in [0.4, 0.5) is 0 Å². The van der Waals surface area contributed by atoms with Gasteiger partial charge in [0.05, 0.1) is 0 Å². The molecule has 2 rings (SSSR count). The van der Waals surface area contributed by atoms with Crippen molar-refractivity contribution >= 4 is 5.91 Å². The summed E-state index contributed by atoms with van der Waals surface area (Å²) < 4.78 is 0. The molecule has 1 aromatic carbocycles. The second-order valence-corrected chi connectivity index (χ2v) is 4.50. The zero-order valence-corrected chi connectivity index (χ0v) is 10.3. The van der Waals surface area contributed by atoms with E-state index < -0.39 is 0 Å². The number of likely N-dealkylation sites (N-methyl/N-ethyl adjacent to an activating group) is 1. The van der Waals surface area contributed by atoms with Gasteiger partial charge in [-0.15, -0.1) is 0 Å². The first-order valence-corrected chi connectivity index (χ1v) is 6.36. The summed E-state index contributed by atoms with van der Waals surface area (Å²) >= 11 is 0. The Morgan fingerprint density at radius 3 is 2.76 bits per heavy atom. The van der Waals surface area contributed by atoms with Crippen LogP contribution in [0.5, 0.6) is 0 Å². The van der Waals surface area contributed by atoms with Gasteiger partial charge < -0.3 is 10.6 Å². The molecule has 0 spiro atoms. The number of benzene rings is 1. The molecule has 0 saturated heterocycles. The molecule has 2 N–H and O–H groups in total. The molecular weight excluding hydrogens is 212 g/mol. The minimum Gasteiger partial charge on any atom is -0.355 e. The second-order valence-electron chi connectivity index (χ2n) is 4.50. The third kappa shape index (κ3) is 3.30. The Balaban J connectivity index is 1.73. The first-order valence-electron chi connectivity index (χ1n) is 6.36. The summed E-state index contributed by atoms with van der Waals surface area (Å²) in [6.07, 6.45) is 0.997. The predicted octanol–water partition coefficient (Wildman–Crippen LogP) is 1.52. The van der Waals surface area contributed by atoms with E-state index in [2.05, 4.69) is 29.7 Å². The molecule has 1 amide bonds. The van der Waals surface area contributed by atoms with E-state index in [-0.39, 0.29) is 11.8 Å². The maximum atomic E-state index is 11.8. The summed E-state index contributed by atoms with van der Waals surface area (Å²) in [7, 11) is 0. The van der Waals surface area contributed by atoms with E-state index in [1.807, 2.05) is 18.2 Å². The van der Waals surface area contributed by atoms with Gasteiger partial charge in [-0.05, 0) is 24.4 Å². The van der Waals surface area contributed by atoms with Crippen molar-refractivity contribution in [3.8, 4) is 0 Å². The Morgan fingerprint density at radius 1 is 1.29 bits per heavy atom. The van der Waals surface area contributed by atoms with Gasteiger partial charge in [0.15, 0.2) is 0 Å². The maximum absolute atomic E-state index is 11.8. The Morgan fingerprint density at radius 2 is 2.06 bits per heavy atom. The van der Waals surface area contributed by atoms with Gasteiger partial charge in [0.25, 0.3) is 0 Å². The molecule has 0 aliphatic heterocycles. The lowest BCUT2D eigenvalue weighted by molar-refractivity contribution is -0.122. The molecule has 0 radical (unpaired) electrons. The van der Waals surface area contributed by atoms with E-state index >= 15 is 0 Å². The minimum absolute atomic E-state index is 0.194. The first kappa shape index (κ1) is 12.1. The Hall–Kier alpha value is -1.35. The number of hydrogen-bond acceptors (Lipinski definition) is 2. The highest BCUT2D eigenvalue weighted by Gasteiger charge is 2.43. The molecule has 3 heteroatoms. The lowest BCUT2D eigenvalue weighted by Gasteiger charge is -2.05. The monoisotopic (exact) mass is 232 g/mol. The SMILES string of the molecule is CCNCCNC(=O)C1CC1c1ccccc1. The van der Waals surface area contributed by atoms with Crippen LogP contribution in [0.1, 0.15) is 24.8 Å². The van der Waals surface area contributed by atoms with E-state index in [0.717, 1.165) is 26.1 Å². The fourth-order valence-corrected chi connectivity index (χ4v) is 2.14. The lowest BCUT2D eigenvalue weighted by Crippen LogP contribution is -2.32. The molecule has 2 unspecified atom stereocenters. The van der Waals surface area contributed by atoms with Crippen LogP contribution in [0.3, 0.4) is 0 Å². The van der Waals surface area contributed by atoms with Gasteiger partial charge in [-0.3, -0.25) is 4.79 Å². The molecule has 92 valence electrons. The average Bonchev–Trinajstić information content (AvgIpc) is 3.16. The third-order valence-corrected chi connectivity index (χ3v) is 3.21. The van der Waals surface area contributed by atoms with Crippen molar-refractivity contribution in [2.24, 2.45) is 5.92 Å². The first-order chi connectivity index (χ1) is 8.33. The topological polar surface area (TPSA) is 41.1 Å². The van der Waals surface area contributed by atoms with Gasteiger partial charge in [-0.2, -0.15) is 0 Å². The van der Waals surface area contributed by atoms with Gasteiger partial charge in [-0.1, -0.05) is 37.3 Å². The molecule has 0 bridgehead atoms. The van der Waals surface area contributed by atoms with Crippen LogP contribution in [-0.4, -0.2) is 25.5 Å². The molecule has 17 heavy (non-hydrogen) atoms. The average molecular weight is 232 g/mol. The van der Waals surface area contributed by atoms with Gasteiger partial charge in [0, 0.05) is 19.0 Å². The fraction of sp³-hybridized carbons (Fsp3) is 0.500. The van der Waals surface area contributed by atoms with Crippen molar-refractivity contribution in [2.75, 3.05) is 19.6 Å². The Bertz CT molecular complexity index is 364. The zero-order chi connectivity index (χ0) is 12.1. The van der Waals surface area contributed by atoms with Crippen molar-refractivity contribution in [3.05, 3.63) is 35.9 Å². The highest BCUT2D eigenvalue weighted by atomic mass is 16.2. The molecule has 3 nitrogen and oxygen atoms in total. The van der Waals surface area contributed by atoms with Crippen LogP contribution in [0.25, 0.3) is 0 Å². The van der Waals surface area contributed by atoms with E-state index in [1.54, 1.807) is 0 Å². The van der Waals surface area contributed by atoms with E-state index in [1.165, 1.54) is 5.56 Å². The van der Waals surface area contributed by atoms with Crippen LogP contribution in [0.15, 0.2) is 30.3 Å². The summed E-state index contributed by atoms with van der Waals surface area (Å²) in [6.45, 7) is 4.59. The van der Waals surface area contributed by atoms with Crippen LogP contribution >= 0.6 is 0 Å². The molecular formula is C14H20N2O. The molecule has 1 aliphatic carbocycles. The Kier molecular flexibility index (Phi) is 4.15. The van der Waals surface area contributed by atoms with Gasteiger partial charge in [0.2, 0.25) is 5.91 Å². The highest BCUT2D eigenvalue weighted by molar-refractivity contribution is 5.82. The largest absolute Gasteiger partial charge is 0.355 e. The number of carbonyl (C=O) groups is 1. The molecule has 1 fully saturated rings. The van der Waals surface area contributed by atoms with E-state index in [0.29, 0.717) is 5.92 Å². The van der Waals surface area contributed by atoms with Crippen molar-refractivity contribution in [3.63, 3.8) is 0 Å². The third-order valence-electron chi connectivity index (χ3n) is 3.21. The predicted molar refractivity (Wildman–Crippen MR) is 68.8 cm³/mol. The maximum Gasteiger partial charge on any atom is 0.223 e. The van der Waals surface area contributed by atoms with Gasteiger partial charge >= 0.3 is 0 Å². The zero-order valence-electron chi connectivity index (χ0n) is 10.3. The fourth-order valence-electron chi connectivity index (χ4n) is 2.14. The smallest absolute Gasteiger partial charge is 0.223 e. The lowest BCUT2D eigenvalue weighted by atomic mass is 10.1. The number of nitrogens with one attached hydrogen (secondary N) is 2. The normalized spacial score (nSPS) is 22.2. The van der Waals surface area contributed by atoms with Crippen LogP contribution < -0.4 is 10.6 Å². The van der Waals surface area contributed by atoms with Crippen molar-refractivity contribution in [1.29, 1.82) is 0 Å². The van der Waals surface area contributed by atoms with Gasteiger partial charge in [0.1, 0.15) is 0 Å². The van der Waals surface area contributed by atoms with Crippen molar-refractivity contribution in [2.45, 2.75) is 19.3 Å². The van der Waals surface area contributed by atoms with Gasteiger partial charge in [-0.25, -0.2) is 0 Å². The molecule has 2 atom stereocenters. The minimum atomic E-state index is 0.194. The highest BCUT2D eigenvalue weighted by Crippen LogP contribution is 2.47. The van der Waals surface area contributed by atoms with Crippen LogP contribution in [0, 0.1) is 5.92 Å². The number of amides is 1. The number of hydrogen-bond donors (Lipinski definition) is 2. The van der Waals surface area contributed by atoms with Crippen molar-refractivity contribution < 1.29 is 4.79 Å². The number of rotatable bonds is 6. The van der Waals surface area contributed by atoms with Crippen LogP contribution in [0.2, 0.25) is 0 Å². The number of carbonyl (C=O) groups excluding carboxylic acids is 1. The molecule has 0 aromatic heterocycles. The van der Waals surface area contributed by atoms with Crippen molar-refractivity contribution in [1.82, 2.24) is 10.6 Å². The van der Waals surface area contributed by atoms with E-state index in [4.69, 9.17) is 0 Å². The summed E-state index contributed by atoms with van der Waals surface area (Å²) in [6, 6.07) is 10.3. The summed E-state index contributed by atoms with van der Waals surface area (Å²) in [5.74, 6) is 0.839. The standard InChI is InChI=1S/C14H20N2O/c1-2-15-8-9-16-14(17)13-10-12(13)11-6-4-3-5-7-11/h3-7,12-13,15H,2,8-10H2,1H3,(H,16,17). The molecule has 0 heterocycles.